The van der Waals surface area contributed by atoms with Gasteiger partial charge in [0.1, 0.15) is 0 Å². The maximum atomic E-state index is 12.5. The highest BCUT2D eigenvalue weighted by Crippen LogP contribution is 2.17. The van der Waals surface area contributed by atoms with E-state index in [9.17, 15) is 14.4 Å². The molecular weight excluding hydrogens is 418 g/mol. The summed E-state index contributed by atoms with van der Waals surface area (Å²) in [4.78, 5) is 44.8. The highest BCUT2D eigenvalue weighted by atomic mass is 16.2. The van der Waals surface area contributed by atoms with Crippen molar-refractivity contribution in [1.82, 2.24) is 9.97 Å². The van der Waals surface area contributed by atoms with Crippen molar-refractivity contribution in [1.29, 1.82) is 0 Å². The van der Waals surface area contributed by atoms with Crippen LogP contribution >= 0.6 is 0 Å². The summed E-state index contributed by atoms with van der Waals surface area (Å²) >= 11 is 0. The zero-order valence-electron chi connectivity index (χ0n) is 17.4. The Morgan fingerprint density at radius 1 is 0.485 bits per heavy atom. The Balaban J connectivity index is 1.33. The van der Waals surface area contributed by atoms with E-state index < -0.39 is 0 Å². The van der Waals surface area contributed by atoms with Gasteiger partial charge in [0, 0.05) is 47.4 Å². The zero-order chi connectivity index (χ0) is 23.0. The van der Waals surface area contributed by atoms with E-state index in [2.05, 4.69) is 25.9 Å². The van der Waals surface area contributed by atoms with Crippen molar-refractivity contribution in [2.45, 2.75) is 0 Å². The lowest BCUT2D eigenvalue weighted by Gasteiger charge is -2.09. The molecule has 3 amide bonds. The van der Waals surface area contributed by atoms with Crippen LogP contribution in [-0.2, 0) is 0 Å². The van der Waals surface area contributed by atoms with Crippen LogP contribution in [0.5, 0.6) is 0 Å². The first-order valence-electron chi connectivity index (χ1n) is 10.0. The Labute approximate surface area is 189 Å². The number of carbonyl (C=O) groups excluding carboxylic acids is 3. The van der Waals surface area contributed by atoms with Gasteiger partial charge in [0.05, 0.1) is 11.1 Å². The Hall–Kier alpha value is -4.85. The normalized spacial score (nSPS) is 10.2. The third-order valence-electron chi connectivity index (χ3n) is 4.65. The topological polar surface area (TPSA) is 113 Å². The predicted octanol–water partition coefficient (Wildman–Crippen LogP) is 4.23. The van der Waals surface area contributed by atoms with Crippen LogP contribution in [0.15, 0.2) is 97.6 Å². The number of anilines is 3. The molecule has 162 valence electrons. The second-order valence-corrected chi connectivity index (χ2v) is 7.00. The summed E-state index contributed by atoms with van der Waals surface area (Å²) < 4.78 is 0. The summed E-state index contributed by atoms with van der Waals surface area (Å²) in [5.41, 5.74) is 3.07. The number of carbonyl (C=O) groups is 3. The molecule has 0 aliphatic rings. The lowest BCUT2D eigenvalue weighted by atomic mass is 10.1. The van der Waals surface area contributed by atoms with E-state index in [1.807, 2.05) is 0 Å². The van der Waals surface area contributed by atoms with E-state index in [4.69, 9.17) is 0 Å². The van der Waals surface area contributed by atoms with Crippen LogP contribution in [0.1, 0.15) is 31.1 Å². The highest BCUT2D eigenvalue weighted by Gasteiger charge is 2.10. The van der Waals surface area contributed by atoms with Gasteiger partial charge in [-0.15, -0.1) is 0 Å². The molecule has 8 heteroatoms. The second kappa shape index (κ2) is 9.97. The molecule has 0 radical (unpaired) electrons. The smallest absolute Gasteiger partial charge is 0.257 e. The largest absolute Gasteiger partial charge is 0.322 e. The van der Waals surface area contributed by atoms with Gasteiger partial charge in [-0.2, -0.15) is 0 Å². The van der Waals surface area contributed by atoms with Gasteiger partial charge in [-0.3, -0.25) is 24.4 Å². The fourth-order valence-electron chi connectivity index (χ4n) is 2.95. The number of nitrogens with zero attached hydrogens (tertiary/aromatic N) is 2. The van der Waals surface area contributed by atoms with Crippen molar-refractivity contribution in [3.8, 4) is 0 Å². The van der Waals surface area contributed by atoms with Gasteiger partial charge in [-0.1, -0.05) is 0 Å². The fourth-order valence-corrected chi connectivity index (χ4v) is 2.95. The summed E-state index contributed by atoms with van der Waals surface area (Å²) in [5.74, 6) is -0.848. The zero-order valence-corrected chi connectivity index (χ0v) is 17.4. The second-order valence-electron chi connectivity index (χ2n) is 7.00. The molecule has 0 fully saturated rings. The first-order chi connectivity index (χ1) is 16.1. The molecule has 2 heterocycles. The number of hydrogen-bond donors (Lipinski definition) is 3. The van der Waals surface area contributed by atoms with Crippen LogP contribution in [0.25, 0.3) is 0 Å². The number of aromatic nitrogens is 2. The van der Waals surface area contributed by atoms with Crippen molar-refractivity contribution in [2.24, 2.45) is 0 Å². The minimum absolute atomic E-state index is 0.268. The van der Waals surface area contributed by atoms with Crippen LogP contribution in [0, 0.1) is 0 Å². The number of amides is 3. The third-order valence-corrected chi connectivity index (χ3v) is 4.65. The molecule has 0 atom stereocenters. The van der Waals surface area contributed by atoms with E-state index in [1.54, 1.807) is 85.2 Å². The molecule has 4 aromatic rings. The summed E-state index contributed by atoms with van der Waals surface area (Å²) in [6.45, 7) is 0. The molecule has 0 aliphatic heterocycles. The Morgan fingerprint density at radius 3 is 1.21 bits per heavy atom. The van der Waals surface area contributed by atoms with Crippen molar-refractivity contribution in [3.63, 3.8) is 0 Å². The van der Waals surface area contributed by atoms with Gasteiger partial charge >= 0.3 is 0 Å². The minimum atomic E-state index is -0.299. The summed E-state index contributed by atoms with van der Waals surface area (Å²) in [7, 11) is 0. The van der Waals surface area contributed by atoms with Crippen LogP contribution in [0.2, 0.25) is 0 Å². The van der Waals surface area contributed by atoms with E-state index in [0.29, 0.717) is 33.8 Å². The number of benzene rings is 2. The minimum Gasteiger partial charge on any atom is -0.322 e. The molecule has 0 saturated carbocycles. The van der Waals surface area contributed by atoms with Crippen molar-refractivity contribution in [3.05, 3.63) is 114 Å². The monoisotopic (exact) mass is 437 g/mol. The average molecular weight is 437 g/mol. The lowest BCUT2D eigenvalue weighted by molar-refractivity contribution is 0.101. The molecule has 4 rings (SSSR count). The lowest BCUT2D eigenvalue weighted by Crippen LogP contribution is -2.14. The van der Waals surface area contributed by atoms with E-state index in [-0.39, 0.29) is 17.7 Å². The number of rotatable bonds is 6. The van der Waals surface area contributed by atoms with Crippen molar-refractivity contribution in [2.75, 3.05) is 16.0 Å². The first kappa shape index (κ1) is 21.4. The van der Waals surface area contributed by atoms with Crippen molar-refractivity contribution >= 4 is 34.8 Å². The number of pyridine rings is 2. The SMILES string of the molecule is O=C(Nc1ccc(NC(=O)c2cccnc2)cc1)c1ccc(NC(=O)c2cccnc2)cc1. The molecule has 0 saturated heterocycles. The molecule has 0 aliphatic carbocycles. The van der Waals surface area contributed by atoms with Gasteiger partial charge in [-0.05, 0) is 72.8 Å². The maximum absolute atomic E-state index is 12.5. The predicted molar refractivity (Wildman–Crippen MR) is 125 cm³/mol. The van der Waals surface area contributed by atoms with Crippen LogP contribution in [0.4, 0.5) is 17.1 Å². The van der Waals surface area contributed by atoms with E-state index in [1.165, 1.54) is 12.4 Å². The number of nitrogens with one attached hydrogen (secondary N) is 3. The Bertz CT molecular complexity index is 1260. The molecule has 2 aromatic carbocycles. The standard InChI is InChI=1S/C25H19N5O3/c31-23(17-5-7-20(8-6-17)29-24(32)18-3-1-13-26-15-18)28-21-9-11-22(12-10-21)30-25(33)19-4-2-14-27-16-19/h1-16H,(H,28,31)(H,29,32)(H,30,33). The van der Waals surface area contributed by atoms with Gasteiger partial charge < -0.3 is 16.0 Å². The van der Waals surface area contributed by atoms with Gasteiger partial charge in [0.25, 0.3) is 17.7 Å². The highest BCUT2D eigenvalue weighted by molar-refractivity contribution is 6.07. The molecule has 0 spiro atoms. The Morgan fingerprint density at radius 2 is 0.848 bits per heavy atom. The summed E-state index contributed by atoms with van der Waals surface area (Å²) in [6.07, 6.45) is 6.16. The fraction of sp³-hybridized carbons (Fsp3) is 0. The van der Waals surface area contributed by atoms with Gasteiger partial charge in [0.2, 0.25) is 0 Å². The maximum Gasteiger partial charge on any atom is 0.257 e. The average Bonchev–Trinajstić information content (AvgIpc) is 2.86. The van der Waals surface area contributed by atoms with E-state index >= 15 is 0 Å². The van der Waals surface area contributed by atoms with Crippen LogP contribution in [0.3, 0.4) is 0 Å². The van der Waals surface area contributed by atoms with Crippen LogP contribution in [-0.4, -0.2) is 27.7 Å². The van der Waals surface area contributed by atoms with Gasteiger partial charge in [0.15, 0.2) is 0 Å². The molecule has 2 aromatic heterocycles. The molecular formula is C25H19N5O3. The summed E-state index contributed by atoms with van der Waals surface area (Å²) in [5, 5.41) is 8.33. The molecule has 3 N–H and O–H groups in total. The van der Waals surface area contributed by atoms with Crippen molar-refractivity contribution < 1.29 is 14.4 Å². The summed E-state index contributed by atoms with van der Waals surface area (Å²) in [6, 6.07) is 20.0. The molecule has 33 heavy (non-hydrogen) atoms. The Kier molecular flexibility index (Phi) is 6.46. The van der Waals surface area contributed by atoms with Gasteiger partial charge in [-0.25, -0.2) is 0 Å². The third kappa shape index (κ3) is 5.65. The van der Waals surface area contributed by atoms with E-state index in [0.717, 1.165) is 0 Å². The molecule has 8 nitrogen and oxygen atoms in total. The molecule has 0 unspecified atom stereocenters. The van der Waals surface area contributed by atoms with Crippen LogP contribution < -0.4 is 16.0 Å². The number of hydrogen-bond acceptors (Lipinski definition) is 5. The first-order valence-corrected chi connectivity index (χ1v) is 10.0. The molecule has 0 bridgehead atoms. The quantitative estimate of drug-likeness (QED) is 0.418.